The molecule has 2 aromatic rings. The van der Waals surface area contributed by atoms with Crippen LogP contribution in [0.4, 0.5) is 4.79 Å². The summed E-state index contributed by atoms with van der Waals surface area (Å²) in [5.74, 6) is -1.11. The van der Waals surface area contributed by atoms with Gasteiger partial charge in [0.05, 0.1) is 18.2 Å². The number of nitrogens with one attached hydrogen (secondary N) is 1. The van der Waals surface area contributed by atoms with Gasteiger partial charge in [-0.15, -0.1) is 11.3 Å². The van der Waals surface area contributed by atoms with Crippen molar-refractivity contribution in [2.75, 3.05) is 6.54 Å². The molecule has 2 fully saturated rings. The lowest BCUT2D eigenvalue weighted by Crippen LogP contribution is -2.53. The molecule has 3 amide bonds. The lowest BCUT2D eigenvalue weighted by molar-refractivity contribution is -0.139. The molecular formula is C38H53N5O7S. The molecule has 13 heteroatoms. The maximum atomic E-state index is 14.1. The van der Waals surface area contributed by atoms with Gasteiger partial charge < -0.3 is 30.5 Å². The fourth-order valence-electron chi connectivity index (χ4n) is 6.81. The second kappa shape index (κ2) is 16.6. The molecule has 0 radical (unpaired) electrons. The number of nitrogens with two attached hydrogens (primary N) is 1. The number of fused-ring (bicyclic) bond motifs is 1. The maximum absolute atomic E-state index is 14.1. The van der Waals surface area contributed by atoms with E-state index in [1.54, 1.807) is 32.1 Å². The lowest BCUT2D eigenvalue weighted by atomic mass is 9.92. The molecular weight excluding hydrogens is 671 g/mol. The van der Waals surface area contributed by atoms with Gasteiger partial charge in [-0.2, -0.15) is 0 Å². The minimum atomic E-state index is -0.923. The molecule has 2 aromatic heterocycles. The van der Waals surface area contributed by atoms with E-state index in [0.29, 0.717) is 31.1 Å². The molecule has 0 aromatic carbocycles. The van der Waals surface area contributed by atoms with E-state index in [0.717, 1.165) is 66.9 Å². The number of alkyl carbamates (subject to hydrolysis) is 1. The van der Waals surface area contributed by atoms with E-state index < -0.39 is 47.7 Å². The van der Waals surface area contributed by atoms with Crippen molar-refractivity contribution >= 4 is 35.2 Å². The number of hydrogen-bond acceptors (Lipinski definition) is 9. The van der Waals surface area contributed by atoms with Crippen molar-refractivity contribution in [3.8, 4) is 16.6 Å². The van der Waals surface area contributed by atoms with Crippen molar-refractivity contribution in [1.29, 1.82) is 0 Å². The summed E-state index contributed by atoms with van der Waals surface area (Å²) in [6.07, 6.45) is 11.0. The number of rotatable bonds is 15. The summed E-state index contributed by atoms with van der Waals surface area (Å²) in [6, 6.07) is 0.291. The van der Waals surface area contributed by atoms with Gasteiger partial charge in [0.2, 0.25) is 17.7 Å². The number of primary amides is 1. The number of pyridine rings is 1. The molecule has 2 aliphatic carbocycles. The molecule has 3 aliphatic rings. The molecule has 4 N–H and O–H groups in total. The zero-order valence-corrected chi connectivity index (χ0v) is 31.3. The highest BCUT2D eigenvalue weighted by molar-refractivity contribution is 7.13. The van der Waals surface area contributed by atoms with Crippen LogP contribution < -0.4 is 15.8 Å². The van der Waals surface area contributed by atoms with Crippen LogP contribution in [-0.4, -0.2) is 74.2 Å². The van der Waals surface area contributed by atoms with Crippen molar-refractivity contribution in [2.45, 2.75) is 135 Å². The van der Waals surface area contributed by atoms with Gasteiger partial charge in [0.1, 0.15) is 34.5 Å². The third kappa shape index (κ3) is 10.3. The third-order valence-electron chi connectivity index (χ3n) is 9.68. The molecule has 12 nitrogen and oxygen atoms in total. The number of carbonyl (C=O) groups excluding carboxylic acids is 3. The second-order valence-corrected chi connectivity index (χ2v) is 16.2. The first-order valence-electron chi connectivity index (χ1n) is 18.3. The standard InChI is InChI=1S/C38H53N5O7S/c1-22(2)30-21-51-34(41-30)29-18-24-14-11-12-15-26(24)33(40-29)49-25-19-31(32(39)44)43(20-25)35(45)28(42-37(48)50-38(3,4)5)16-10-8-6-7-9-13-23-17-27(23)36(46)47/h9,13,18,21-23,25,27-28,31H,6-8,10-12,14-17,19-20H2,1-5H3,(H2,39,44)(H,42,48)(H,46,47)/b13-9-/t23-,25-,27+,28+,31+/m1/s1. The number of allylic oxidation sites excluding steroid dienone is 2. The zero-order valence-electron chi connectivity index (χ0n) is 30.5. The van der Waals surface area contributed by atoms with Crippen LogP contribution in [-0.2, 0) is 32.0 Å². The van der Waals surface area contributed by atoms with Crippen LogP contribution in [0.1, 0.15) is 115 Å². The quantitative estimate of drug-likeness (QED) is 0.144. The van der Waals surface area contributed by atoms with Crippen molar-refractivity contribution in [3.05, 3.63) is 40.4 Å². The number of carboxylic acid groups (broad SMARTS) is 1. The molecule has 51 heavy (non-hydrogen) atoms. The number of aliphatic carboxylic acids is 1. The predicted octanol–water partition coefficient (Wildman–Crippen LogP) is 6.16. The first-order chi connectivity index (χ1) is 24.2. The number of ether oxygens (including phenoxy) is 2. The monoisotopic (exact) mass is 723 g/mol. The second-order valence-electron chi connectivity index (χ2n) is 15.4. The highest BCUT2D eigenvalue weighted by atomic mass is 32.1. The van der Waals surface area contributed by atoms with E-state index in [4.69, 9.17) is 30.3 Å². The van der Waals surface area contributed by atoms with Gasteiger partial charge in [0, 0.05) is 17.4 Å². The summed E-state index contributed by atoms with van der Waals surface area (Å²) >= 11 is 1.56. The number of hydrogen-bond donors (Lipinski definition) is 3. The van der Waals surface area contributed by atoms with Gasteiger partial charge in [-0.1, -0.05) is 38.8 Å². The summed E-state index contributed by atoms with van der Waals surface area (Å²) in [5.41, 5.74) is 9.12. The summed E-state index contributed by atoms with van der Waals surface area (Å²) in [4.78, 5) is 62.0. The van der Waals surface area contributed by atoms with E-state index >= 15 is 0 Å². The van der Waals surface area contributed by atoms with Gasteiger partial charge in [0.15, 0.2) is 0 Å². The van der Waals surface area contributed by atoms with E-state index in [1.165, 1.54) is 10.5 Å². The van der Waals surface area contributed by atoms with Crippen LogP contribution in [0.15, 0.2) is 23.6 Å². The minimum Gasteiger partial charge on any atom is -0.481 e. The Bertz CT molecular complexity index is 1620. The van der Waals surface area contributed by atoms with E-state index in [1.807, 2.05) is 12.2 Å². The number of carbonyl (C=O) groups is 4. The molecule has 0 spiro atoms. The van der Waals surface area contributed by atoms with Crippen molar-refractivity contribution in [3.63, 3.8) is 0 Å². The molecule has 3 heterocycles. The Morgan fingerprint density at radius 2 is 1.88 bits per heavy atom. The Morgan fingerprint density at radius 1 is 1.12 bits per heavy atom. The number of aromatic nitrogens is 2. The number of thiazole rings is 1. The Balaban J connectivity index is 1.27. The average molecular weight is 724 g/mol. The molecule has 0 bridgehead atoms. The SMILES string of the molecule is CC(C)c1csc(-c2cc3c(c(O[C@@H]4C[C@@H](C(N)=O)N(C(=O)[C@H](CCCCC/C=C\[C@@H]5C[C@@H]5C(=O)O)NC(=O)OC(C)(C)C)C4)n2)CCCC3)n1. The first kappa shape index (κ1) is 38.2. The molecule has 0 unspecified atom stereocenters. The zero-order chi connectivity index (χ0) is 36.9. The van der Waals surface area contributed by atoms with Gasteiger partial charge in [-0.05, 0) is 95.6 Å². The number of unbranched alkanes of at least 4 members (excludes halogenated alkanes) is 3. The molecule has 1 saturated heterocycles. The number of carboxylic acids is 1. The molecule has 5 atom stereocenters. The number of aryl methyl sites for hydroxylation is 1. The van der Waals surface area contributed by atoms with Crippen LogP contribution in [0.2, 0.25) is 0 Å². The normalized spacial score (nSPS) is 22.1. The fourth-order valence-corrected chi connectivity index (χ4v) is 7.75. The fraction of sp³-hybridized carbons (Fsp3) is 0.632. The van der Waals surface area contributed by atoms with E-state index in [2.05, 4.69) is 30.6 Å². The summed E-state index contributed by atoms with van der Waals surface area (Å²) in [6.45, 7) is 9.60. The summed E-state index contributed by atoms with van der Waals surface area (Å²) in [5, 5.41) is 14.7. The minimum absolute atomic E-state index is 0.120. The number of likely N-dealkylation sites (tertiary alicyclic amines) is 1. The Hall–Kier alpha value is -4.00. The molecule has 5 rings (SSSR count). The van der Waals surface area contributed by atoms with Crippen LogP contribution in [0.5, 0.6) is 5.88 Å². The maximum Gasteiger partial charge on any atom is 0.408 e. The largest absolute Gasteiger partial charge is 0.481 e. The Labute approximate surface area is 304 Å². The van der Waals surface area contributed by atoms with E-state index in [-0.39, 0.29) is 24.8 Å². The van der Waals surface area contributed by atoms with Gasteiger partial charge in [0.25, 0.3) is 0 Å². The summed E-state index contributed by atoms with van der Waals surface area (Å²) < 4.78 is 12.1. The molecule has 1 aliphatic heterocycles. The van der Waals surface area contributed by atoms with E-state index in [9.17, 15) is 19.2 Å². The smallest absolute Gasteiger partial charge is 0.408 e. The Morgan fingerprint density at radius 3 is 2.55 bits per heavy atom. The summed E-state index contributed by atoms with van der Waals surface area (Å²) in [7, 11) is 0. The van der Waals surface area contributed by atoms with Crippen LogP contribution in [0.25, 0.3) is 10.7 Å². The van der Waals surface area contributed by atoms with Crippen LogP contribution in [0, 0.1) is 11.8 Å². The topological polar surface area (TPSA) is 174 Å². The third-order valence-corrected chi connectivity index (χ3v) is 10.6. The predicted molar refractivity (Wildman–Crippen MR) is 194 cm³/mol. The van der Waals surface area contributed by atoms with Crippen molar-refractivity contribution in [2.24, 2.45) is 17.6 Å². The number of nitrogens with zero attached hydrogens (tertiary/aromatic N) is 3. The van der Waals surface area contributed by atoms with Crippen LogP contribution >= 0.6 is 11.3 Å². The highest BCUT2D eigenvalue weighted by Crippen LogP contribution is 2.40. The van der Waals surface area contributed by atoms with Crippen LogP contribution in [0.3, 0.4) is 0 Å². The highest BCUT2D eigenvalue weighted by Gasteiger charge is 2.43. The number of amides is 3. The van der Waals surface area contributed by atoms with Gasteiger partial charge in [-0.3, -0.25) is 14.4 Å². The Kier molecular flexibility index (Phi) is 12.4. The van der Waals surface area contributed by atoms with Crippen molar-refractivity contribution < 1.29 is 33.8 Å². The van der Waals surface area contributed by atoms with Gasteiger partial charge >= 0.3 is 12.1 Å². The van der Waals surface area contributed by atoms with Crippen molar-refractivity contribution in [1.82, 2.24) is 20.2 Å². The average Bonchev–Trinajstić information content (AvgIpc) is 3.44. The first-order valence-corrected chi connectivity index (χ1v) is 19.2. The molecule has 1 saturated carbocycles. The molecule has 278 valence electrons. The van der Waals surface area contributed by atoms with Gasteiger partial charge in [-0.25, -0.2) is 14.8 Å². The lowest BCUT2D eigenvalue weighted by Gasteiger charge is -2.28.